The summed E-state index contributed by atoms with van der Waals surface area (Å²) in [4.78, 5) is 12.6. The molecule has 0 fully saturated rings. The zero-order chi connectivity index (χ0) is 10.9. The first-order valence-electron chi connectivity index (χ1n) is 2.21. The van der Waals surface area contributed by atoms with Crippen LogP contribution in [0.3, 0.4) is 0 Å². The minimum Gasteiger partial charge on any atom is -0.465 e. The summed E-state index contributed by atoms with van der Waals surface area (Å²) in [5.74, 6) is 0. The smallest absolute Gasteiger partial charge is 0.402 e. The molecule has 0 unspecified atom stereocenters. The highest BCUT2D eigenvalue weighted by Gasteiger charge is 1.99. The standard InChI is InChI=1S/CH3NO2.N6O2S/c2-1(3)4;1-3-5-9(7,8)6-4-2/h2H2,(H,3,4);. The Labute approximate surface area is 71.2 Å². The monoisotopic (exact) mass is 209 g/mol. The van der Waals surface area contributed by atoms with Gasteiger partial charge >= 0.3 is 16.3 Å². The second-order valence-electron chi connectivity index (χ2n) is 1.13. The van der Waals surface area contributed by atoms with Gasteiger partial charge in [-0.1, -0.05) is 0 Å². The van der Waals surface area contributed by atoms with E-state index in [1.165, 1.54) is 0 Å². The number of carbonyl (C=O) groups is 1. The van der Waals surface area contributed by atoms with Crippen molar-refractivity contribution in [1.29, 1.82) is 0 Å². The van der Waals surface area contributed by atoms with Crippen LogP contribution in [0.25, 0.3) is 20.9 Å². The molecule has 0 aliphatic carbocycles. The van der Waals surface area contributed by atoms with Crippen LogP contribution in [-0.4, -0.2) is 19.6 Å². The molecule has 0 spiro atoms. The predicted octanol–water partition coefficient (Wildman–Crippen LogP) is 0.475. The molecule has 3 N–H and O–H groups in total. The molecule has 0 rings (SSSR count). The molecule has 0 aromatic rings. The van der Waals surface area contributed by atoms with Crippen molar-refractivity contribution in [2.45, 2.75) is 0 Å². The molecule has 0 aromatic carbocycles. The predicted molar refractivity (Wildman–Crippen MR) is 39.4 cm³/mol. The fourth-order valence-corrected chi connectivity index (χ4v) is 0.326. The SMILES string of the molecule is NC(=O)O.[N-]=[N+]=NS(=O)(=O)N=[N+]=[N-]. The molecule has 0 heterocycles. The van der Waals surface area contributed by atoms with E-state index in [1.807, 2.05) is 9.82 Å². The Morgan fingerprint density at radius 2 is 1.54 bits per heavy atom. The second-order valence-corrected chi connectivity index (χ2v) is 2.35. The van der Waals surface area contributed by atoms with Gasteiger partial charge in [0.15, 0.2) is 0 Å². The van der Waals surface area contributed by atoms with Crippen LogP contribution in [0.2, 0.25) is 0 Å². The summed E-state index contributed by atoms with van der Waals surface area (Å²) in [6.07, 6.45) is -1.33. The molecule has 0 saturated carbocycles. The number of amides is 1. The van der Waals surface area contributed by atoms with Crippen molar-refractivity contribution in [3.8, 4) is 0 Å². The summed E-state index contributed by atoms with van der Waals surface area (Å²) < 4.78 is 24.3. The van der Waals surface area contributed by atoms with E-state index in [2.05, 4.69) is 14.8 Å². The van der Waals surface area contributed by atoms with Crippen LogP contribution >= 0.6 is 0 Å². The number of hydrogen-bond donors (Lipinski definition) is 2. The average Bonchev–Trinajstić information content (AvgIpc) is 1.84. The molecule has 0 bridgehead atoms. The summed E-state index contributed by atoms with van der Waals surface area (Å²) in [7, 11) is -4.27. The minimum atomic E-state index is -4.27. The van der Waals surface area contributed by atoms with Crippen LogP contribution in [0.1, 0.15) is 0 Å². The van der Waals surface area contributed by atoms with Gasteiger partial charge in [0.2, 0.25) is 0 Å². The molecule has 0 aliphatic rings. The number of primary amides is 1. The average molecular weight is 209 g/mol. The zero-order valence-corrected chi connectivity index (χ0v) is 6.66. The van der Waals surface area contributed by atoms with Crippen molar-refractivity contribution in [1.82, 2.24) is 0 Å². The Morgan fingerprint density at radius 3 is 1.69 bits per heavy atom. The van der Waals surface area contributed by atoms with Crippen molar-refractivity contribution in [2.24, 2.45) is 14.8 Å². The van der Waals surface area contributed by atoms with Crippen LogP contribution in [0.15, 0.2) is 9.04 Å². The highest BCUT2D eigenvalue weighted by molar-refractivity contribution is 7.88. The third-order valence-electron chi connectivity index (χ3n) is 0.279. The van der Waals surface area contributed by atoms with Gasteiger partial charge in [0, 0.05) is 18.9 Å². The molecule has 11 nitrogen and oxygen atoms in total. The van der Waals surface area contributed by atoms with Crippen molar-refractivity contribution in [3.05, 3.63) is 20.9 Å². The Kier molecular flexibility index (Phi) is 6.76. The first-order chi connectivity index (χ1) is 5.85. The fourth-order valence-electron chi connectivity index (χ4n) is 0.109. The van der Waals surface area contributed by atoms with Crippen LogP contribution in [0.5, 0.6) is 0 Å². The summed E-state index contributed by atoms with van der Waals surface area (Å²) in [6.45, 7) is 0. The fraction of sp³-hybridized carbons (Fsp3) is 0. The van der Waals surface area contributed by atoms with E-state index in [-0.39, 0.29) is 0 Å². The van der Waals surface area contributed by atoms with E-state index in [0.29, 0.717) is 0 Å². The van der Waals surface area contributed by atoms with Crippen molar-refractivity contribution in [3.63, 3.8) is 0 Å². The molecular weight excluding hydrogens is 206 g/mol. The Morgan fingerprint density at radius 1 is 1.31 bits per heavy atom. The normalized spacial score (nSPS) is 8.00. The molecule has 0 saturated heterocycles. The van der Waals surface area contributed by atoms with Crippen LogP contribution in [-0.2, 0) is 10.2 Å². The molecule has 12 heteroatoms. The molecule has 0 atom stereocenters. The third-order valence-corrected chi connectivity index (χ3v) is 0.838. The maximum absolute atomic E-state index is 9.99. The highest BCUT2D eigenvalue weighted by Crippen LogP contribution is 1.92. The molecule has 1 amide bonds. The van der Waals surface area contributed by atoms with Gasteiger partial charge in [0.25, 0.3) is 0 Å². The van der Waals surface area contributed by atoms with E-state index in [0.717, 1.165) is 0 Å². The Bertz CT molecular complexity index is 328. The van der Waals surface area contributed by atoms with Gasteiger partial charge in [0.1, 0.15) is 0 Å². The topological polar surface area (TPSA) is 195 Å². The van der Waals surface area contributed by atoms with Crippen molar-refractivity contribution < 1.29 is 18.3 Å². The lowest BCUT2D eigenvalue weighted by Crippen LogP contribution is -2.03. The Hall–Kier alpha value is -2.16. The number of rotatable bonds is 2. The van der Waals surface area contributed by atoms with E-state index in [1.54, 1.807) is 0 Å². The second kappa shape index (κ2) is 6.54. The highest BCUT2D eigenvalue weighted by atomic mass is 32.2. The molecule has 0 aromatic heterocycles. The quantitative estimate of drug-likeness (QED) is 0.378. The van der Waals surface area contributed by atoms with Crippen LogP contribution in [0.4, 0.5) is 4.79 Å². The van der Waals surface area contributed by atoms with Gasteiger partial charge < -0.3 is 10.8 Å². The number of nitrogens with two attached hydrogens (primary N) is 1. The van der Waals surface area contributed by atoms with Crippen molar-refractivity contribution >= 4 is 16.3 Å². The molecule has 0 radical (unpaired) electrons. The van der Waals surface area contributed by atoms with Gasteiger partial charge in [-0.2, -0.15) is 0 Å². The molecular formula is CH3N7O4S. The minimum absolute atomic E-state index is 1.33. The first-order valence-corrected chi connectivity index (χ1v) is 3.61. The molecule has 0 aliphatic heterocycles. The summed E-state index contributed by atoms with van der Waals surface area (Å²) >= 11 is 0. The number of nitrogens with zero attached hydrogens (tertiary/aromatic N) is 6. The number of carboxylic acid groups (broad SMARTS) is 1. The van der Waals surface area contributed by atoms with Gasteiger partial charge in [-0.05, 0) is 11.1 Å². The largest absolute Gasteiger partial charge is 0.465 e. The summed E-state index contributed by atoms with van der Waals surface area (Å²) in [5, 5.41) is 7.19. The van der Waals surface area contributed by atoms with E-state index in [4.69, 9.17) is 21.0 Å². The lowest BCUT2D eigenvalue weighted by molar-refractivity contribution is 0.205. The number of azide groups is 1. The van der Waals surface area contributed by atoms with Gasteiger partial charge in [0.05, 0.1) is 0 Å². The molecule has 72 valence electrons. The van der Waals surface area contributed by atoms with E-state index < -0.39 is 16.3 Å². The summed E-state index contributed by atoms with van der Waals surface area (Å²) in [5.41, 5.74) is 19.1. The van der Waals surface area contributed by atoms with Crippen molar-refractivity contribution in [2.75, 3.05) is 0 Å². The maximum atomic E-state index is 9.99. The third kappa shape index (κ3) is 17.7. The maximum Gasteiger partial charge on any atom is 0.402 e. The lowest BCUT2D eigenvalue weighted by Gasteiger charge is -1.73. The van der Waals surface area contributed by atoms with E-state index in [9.17, 15) is 8.42 Å². The van der Waals surface area contributed by atoms with Crippen LogP contribution < -0.4 is 5.73 Å². The van der Waals surface area contributed by atoms with Gasteiger partial charge in [-0.25, -0.2) is 13.2 Å². The van der Waals surface area contributed by atoms with Gasteiger partial charge in [-0.3, -0.25) is 0 Å². The zero-order valence-electron chi connectivity index (χ0n) is 5.84. The summed E-state index contributed by atoms with van der Waals surface area (Å²) in [6, 6.07) is 0. The number of hydrogen-bond acceptors (Lipinski definition) is 3. The van der Waals surface area contributed by atoms with Crippen LogP contribution in [0, 0.1) is 0 Å². The van der Waals surface area contributed by atoms with Gasteiger partial charge in [-0.15, -0.1) is 0 Å². The molecule has 13 heavy (non-hydrogen) atoms. The Balaban J connectivity index is 0. The van der Waals surface area contributed by atoms with E-state index >= 15 is 0 Å². The lowest BCUT2D eigenvalue weighted by atomic mass is 11.3. The first kappa shape index (κ1) is 13.4.